The molecule has 0 radical (unpaired) electrons. The summed E-state index contributed by atoms with van der Waals surface area (Å²) in [5.74, 6) is 0.944. The zero-order valence-corrected chi connectivity index (χ0v) is 20.0. The van der Waals surface area contributed by atoms with Gasteiger partial charge in [0.2, 0.25) is 10.0 Å². The Morgan fingerprint density at radius 1 is 1.32 bits per heavy atom. The molecule has 0 aliphatic carbocycles. The highest BCUT2D eigenvalue weighted by molar-refractivity contribution is 9.10. The number of sulfonamides is 1. The van der Waals surface area contributed by atoms with Gasteiger partial charge in [0.15, 0.2) is 0 Å². The first-order chi connectivity index (χ1) is 14.2. The molecule has 31 heavy (non-hydrogen) atoms. The normalized spacial score (nSPS) is 11.5. The number of nitrogens with one attached hydrogen (secondary N) is 2. The smallest absolute Gasteiger partial charge is 0.251 e. The fourth-order valence-electron chi connectivity index (χ4n) is 2.66. The molecule has 2 aromatic rings. The second-order valence-corrected chi connectivity index (χ2v) is 10.5. The van der Waals surface area contributed by atoms with Crippen molar-refractivity contribution in [2.45, 2.75) is 32.7 Å². The maximum Gasteiger partial charge on any atom is 0.251 e. The average molecular weight is 508 g/mol. The number of hydrogen-bond donors (Lipinski definition) is 2. The highest BCUT2D eigenvalue weighted by atomic mass is 79.9. The van der Waals surface area contributed by atoms with E-state index in [2.05, 4.69) is 43.5 Å². The molecule has 0 atom stereocenters. The molecule has 0 saturated heterocycles. The lowest BCUT2D eigenvalue weighted by Gasteiger charge is -2.19. The van der Waals surface area contributed by atoms with Gasteiger partial charge in [0.25, 0.3) is 5.91 Å². The molecule has 1 heterocycles. The summed E-state index contributed by atoms with van der Waals surface area (Å²) in [7, 11) is -3.71. The Kier molecular flexibility index (Phi) is 7.29. The molecule has 0 aliphatic rings. The first kappa shape index (κ1) is 24.6. The minimum absolute atomic E-state index is 0.0261. The second-order valence-electron chi connectivity index (χ2n) is 7.96. The summed E-state index contributed by atoms with van der Waals surface area (Å²) in [4.78, 5) is 17.0. The highest BCUT2D eigenvalue weighted by Crippen LogP contribution is 2.27. The fraction of sp³-hybridized carbons (Fsp3) is 0.273. The van der Waals surface area contributed by atoms with Crippen molar-refractivity contribution >= 4 is 43.1 Å². The van der Waals surface area contributed by atoms with Crippen LogP contribution in [0.25, 0.3) is 5.57 Å². The first-order valence-electron chi connectivity index (χ1n) is 9.14. The third-order valence-electron chi connectivity index (χ3n) is 4.26. The van der Waals surface area contributed by atoms with Crippen molar-refractivity contribution in [2.75, 3.05) is 11.0 Å². The predicted molar refractivity (Wildman–Crippen MR) is 124 cm³/mol. The monoisotopic (exact) mass is 507 g/mol. The van der Waals surface area contributed by atoms with Crippen LogP contribution >= 0.6 is 15.9 Å². The van der Waals surface area contributed by atoms with Gasteiger partial charge in [-0.1, -0.05) is 33.3 Å². The summed E-state index contributed by atoms with van der Waals surface area (Å²) < 4.78 is 39.8. The Labute approximate surface area is 190 Å². The number of halogens is 2. The van der Waals surface area contributed by atoms with E-state index >= 15 is 0 Å². The SMILES string of the molecule is C#Cc1cc(CNC(=O)C(=C)c2ccc(C(C)(C)C)nc2Br)cc(F)c1NS(C)(=O)=O. The van der Waals surface area contributed by atoms with Crippen LogP contribution in [0.1, 0.15) is 43.2 Å². The van der Waals surface area contributed by atoms with Crippen LogP contribution in [0.3, 0.4) is 0 Å². The maximum atomic E-state index is 14.4. The van der Waals surface area contributed by atoms with E-state index in [0.717, 1.165) is 18.0 Å². The van der Waals surface area contributed by atoms with Crippen LogP contribution in [0.5, 0.6) is 0 Å². The van der Waals surface area contributed by atoms with Crippen LogP contribution in [0.2, 0.25) is 0 Å². The molecule has 0 spiro atoms. The summed E-state index contributed by atoms with van der Waals surface area (Å²) in [6.07, 6.45) is 6.28. The molecular weight excluding hydrogens is 485 g/mol. The molecule has 2 N–H and O–H groups in total. The lowest BCUT2D eigenvalue weighted by molar-refractivity contribution is -0.115. The first-order valence-corrected chi connectivity index (χ1v) is 11.8. The summed E-state index contributed by atoms with van der Waals surface area (Å²) in [6, 6.07) is 6.13. The van der Waals surface area contributed by atoms with Gasteiger partial charge in [-0.05, 0) is 45.8 Å². The number of carbonyl (C=O) groups excluding carboxylic acids is 1. The summed E-state index contributed by atoms with van der Waals surface area (Å²) in [5.41, 5.74) is 1.52. The summed E-state index contributed by atoms with van der Waals surface area (Å²) in [6.45, 7) is 9.89. The van der Waals surface area contributed by atoms with Crippen molar-refractivity contribution in [2.24, 2.45) is 0 Å². The number of hydrogen-bond acceptors (Lipinski definition) is 4. The van der Waals surface area contributed by atoms with Crippen molar-refractivity contribution in [1.29, 1.82) is 0 Å². The Balaban J connectivity index is 2.18. The number of terminal acetylenes is 1. The van der Waals surface area contributed by atoms with E-state index in [9.17, 15) is 17.6 Å². The van der Waals surface area contributed by atoms with Gasteiger partial charge in [-0.25, -0.2) is 17.8 Å². The van der Waals surface area contributed by atoms with Gasteiger partial charge < -0.3 is 5.32 Å². The molecule has 0 unspecified atom stereocenters. The molecule has 0 fully saturated rings. The number of carbonyl (C=O) groups is 1. The largest absolute Gasteiger partial charge is 0.348 e. The van der Waals surface area contributed by atoms with Crippen LogP contribution < -0.4 is 10.0 Å². The molecule has 0 saturated carbocycles. The quantitative estimate of drug-likeness (QED) is 0.351. The van der Waals surface area contributed by atoms with Gasteiger partial charge in [-0.15, -0.1) is 6.42 Å². The van der Waals surface area contributed by atoms with E-state index in [0.29, 0.717) is 15.7 Å². The van der Waals surface area contributed by atoms with E-state index in [-0.39, 0.29) is 28.8 Å². The van der Waals surface area contributed by atoms with Gasteiger partial charge in [-0.2, -0.15) is 0 Å². The minimum atomic E-state index is -3.71. The minimum Gasteiger partial charge on any atom is -0.348 e. The molecule has 164 valence electrons. The van der Waals surface area contributed by atoms with E-state index in [4.69, 9.17) is 6.42 Å². The maximum absolute atomic E-state index is 14.4. The summed E-state index contributed by atoms with van der Waals surface area (Å²) >= 11 is 3.39. The highest BCUT2D eigenvalue weighted by Gasteiger charge is 2.20. The van der Waals surface area contributed by atoms with Gasteiger partial charge in [0.05, 0.1) is 17.5 Å². The lowest BCUT2D eigenvalue weighted by Crippen LogP contribution is -2.24. The standard InChI is InChI=1S/C22H23BrFN3O3S/c1-7-15-10-14(11-17(24)19(15)27-31(6,29)30)12-25-21(28)13(2)16-8-9-18(22(3,4)5)26-20(16)23/h1,8-11,27H,2,12H2,3-6H3,(H,25,28). The van der Waals surface area contributed by atoms with Crippen molar-refractivity contribution < 1.29 is 17.6 Å². The lowest BCUT2D eigenvalue weighted by atomic mass is 9.91. The van der Waals surface area contributed by atoms with Crippen LogP contribution in [0.4, 0.5) is 10.1 Å². The van der Waals surface area contributed by atoms with Crippen molar-refractivity contribution in [1.82, 2.24) is 10.3 Å². The Morgan fingerprint density at radius 3 is 2.48 bits per heavy atom. The van der Waals surface area contributed by atoms with Crippen molar-refractivity contribution in [3.8, 4) is 12.3 Å². The number of benzene rings is 1. The summed E-state index contributed by atoms with van der Waals surface area (Å²) in [5, 5.41) is 2.65. The molecule has 9 heteroatoms. The molecule has 1 amide bonds. The van der Waals surface area contributed by atoms with Gasteiger partial charge >= 0.3 is 0 Å². The fourth-order valence-corrected chi connectivity index (χ4v) is 3.80. The van der Waals surface area contributed by atoms with Gasteiger partial charge in [0, 0.05) is 28.8 Å². The Morgan fingerprint density at radius 2 is 1.97 bits per heavy atom. The topological polar surface area (TPSA) is 88.2 Å². The predicted octanol–water partition coefficient (Wildman–Crippen LogP) is 3.96. The van der Waals surface area contributed by atoms with Crippen LogP contribution in [0, 0.1) is 18.2 Å². The molecule has 1 aromatic carbocycles. The Hall–Kier alpha value is -2.70. The van der Waals surface area contributed by atoms with E-state index < -0.39 is 21.7 Å². The van der Waals surface area contributed by atoms with Crippen molar-refractivity contribution in [3.05, 3.63) is 63.6 Å². The zero-order chi connectivity index (χ0) is 23.6. The van der Waals surface area contributed by atoms with Gasteiger partial charge in [-0.3, -0.25) is 9.52 Å². The molecular formula is C22H23BrFN3O3S. The number of nitrogens with zero attached hydrogens (tertiary/aromatic N) is 1. The number of pyridine rings is 1. The van der Waals surface area contributed by atoms with Crippen LogP contribution in [-0.4, -0.2) is 25.6 Å². The third-order valence-corrected chi connectivity index (χ3v) is 5.44. The number of aromatic nitrogens is 1. The molecule has 2 rings (SSSR count). The second kappa shape index (κ2) is 9.20. The van der Waals surface area contributed by atoms with Crippen LogP contribution in [-0.2, 0) is 26.8 Å². The van der Waals surface area contributed by atoms with Crippen molar-refractivity contribution in [3.63, 3.8) is 0 Å². The average Bonchev–Trinajstić information content (AvgIpc) is 2.65. The molecule has 0 aliphatic heterocycles. The van der Waals surface area contributed by atoms with E-state index in [1.165, 1.54) is 6.07 Å². The molecule has 6 nitrogen and oxygen atoms in total. The number of anilines is 1. The number of rotatable bonds is 6. The molecule has 0 bridgehead atoms. The third kappa shape index (κ3) is 6.39. The zero-order valence-electron chi connectivity index (χ0n) is 17.6. The van der Waals surface area contributed by atoms with Crippen LogP contribution in [0.15, 0.2) is 35.4 Å². The number of amides is 1. The molecule has 1 aromatic heterocycles. The van der Waals surface area contributed by atoms with Gasteiger partial charge in [0.1, 0.15) is 10.4 Å². The Bertz CT molecular complexity index is 1200. The van der Waals surface area contributed by atoms with E-state index in [1.807, 2.05) is 26.8 Å². The van der Waals surface area contributed by atoms with E-state index in [1.54, 1.807) is 6.07 Å².